The van der Waals surface area contributed by atoms with Crippen molar-refractivity contribution >= 4 is 23.2 Å². The van der Waals surface area contributed by atoms with E-state index in [1.54, 1.807) is 11.0 Å². The number of rotatable bonds is 6. The van der Waals surface area contributed by atoms with Gasteiger partial charge in [0.15, 0.2) is 6.10 Å². The summed E-state index contributed by atoms with van der Waals surface area (Å²) in [6, 6.07) is 12.2. The van der Waals surface area contributed by atoms with Crippen LogP contribution in [0.5, 0.6) is 0 Å². The molecule has 1 aliphatic heterocycles. The zero-order valence-corrected chi connectivity index (χ0v) is 19.0. The second-order valence-corrected chi connectivity index (χ2v) is 9.56. The van der Waals surface area contributed by atoms with Crippen molar-refractivity contribution in [2.45, 2.75) is 52.4 Å². The van der Waals surface area contributed by atoms with E-state index in [4.69, 9.17) is 16.4 Å². The quantitative estimate of drug-likeness (QED) is 0.500. The van der Waals surface area contributed by atoms with E-state index in [1.807, 2.05) is 39.0 Å². The Morgan fingerprint density at radius 1 is 1.12 bits per heavy atom. The first kappa shape index (κ1) is 24.1. The summed E-state index contributed by atoms with van der Waals surface area (Å²) in [5.74, 6) is -0.0906. The van der Waals surface area contributed by atoms with Crippen molar-refractivity contribution in [2.75, 3.05) is 6.54 Å². The molecule has 0 bridgehead atoms. The highest BCUT2D eigenvalue weighted by molar-refractivity contribution is 6.34. The number of oxime groups is 1. The van der Waals surface area contributed by atoms with E-state index >= 15 is 0 Å². The van der Waals surface area contributed by atoms with E-state index in [-0.39, 0.29) is 30.5 Å². The van der Waals surface area contributed by atoms with E-state index < -0.39 is 11.7 Å². The molecule has 1 amide bonds. The standard InChI is InChI=1S/C24H26ClF3N2O2/c1-23(2,3)13-22(31)30(14-16-8-10-17(11-9-16)24(26,27)28)15-18-12-21(29-32-18)19-6-4-5-7-20(19)25/h4-11,18H,12-15H2,1-3H3. The molecule has 1 aliphatic rings. The summed E-state index contributed by atoms with van der Waals surface area (Å²) in [4.78, 5) is 20.2. The third-order valence-corrected chi connectivity index (χ3v) is 5.36. The molecule has 0 spiro atoms. The Balaban J connectivity index is 1.72. The lowest BCUT2D eigenvalue weighted by atomic mass is 9.91. The molecule has 2 aromatic rings. The Hall–Kier alpha value is -2.54. The van der Waals surface area contributed by atoms with Crippen LogP contribution >= 0.6 is 11.6 Å². The van der Waals surface area contributed by atoms with Crippen LogP contribution in [0.4, 0.5) is 13.2 Å². The minimum absolute atomic E-state index is 0.0906. The van der Waals surface area contributed by atoms with Gasteiger partial charge in [-0.05, 0) is 29.2 Å². The highest BCUT2D eigenvalue weighted by Gasteiger charge is 2.31. The van der Waals surface area contributed by atoms with Crippen LogP contribution in [0.1, 0.15) is 50.3 Å². The van der Waals surface area contributed by atoms with Gasteiger partial charge in [-0.2, -0.15) is 13.2 Å². The highest BCUT2D eigenvalue weighted by atomic mass is 35.5. The third kappa shape index (κ3) is 6.48. The molecule has 32 heavy (non-hydrogen) atoms. The Bertz CT molecular complexity index is 982. The molecule has 8 heteroatoms. The fourth-order valence-corrected chi connectivity index (χ4v) is 3.71. The first-order valence-electron chi connectivity index (χ1n) is 10.3. The van der Waals surface area contributed by atoms with Crippen LogP contribution in [-0.4, -0.2) is 29.2 Å². The maximum absolute atomic E-state index is 13.0. The molecule has 0 aliphatic carbocycles. The largest absolute Gasteiger partial charge is 0.416 e. The predicted molar refractivity (Wildman–Crippen MR) is 118 cm³/mol. The molecule has 1 atom stereocenters. The van der Waals surface area contributed by atoms with E-state index in [2.05, 4.69) is 5.16 Å². The molecular weight excluding hydrogens is 441 g/mol. The van der Waals surface area contributed by atoms with Crippen molar-refractivity contribution < 1.29 is 22.8 Å². The first-order valence-corrected chi connectivity index (χ1v) is 10.7. The van der Waals surface area contributed by atoms with Crippen molar-refractivity contribution in [3.8, 4) is 0 Å². The van der Waals surface area contributed by atoms with Gasteiger partial charge in [0.1, 0.15) is 0 Å². The van der Waals surface area contributed by atoms with Gasteiger partial charge in [0.05, 0.1) is 17.8 Å². The van der Waals surface area contributed by atoms with E-state index in [9.17, 15) is 18.0 Å². The Morgan fingerprint density at radius 3 is 2.38 bits per heavy atom. The molecule has 172 valence electrons. The SMILES string of the molecule is CC(C)(C)CC(=O)N(Cc1ccc(C(F)(F)F)cc1)CC1CC(c2ccccc2Cl)=NO1. The Labute approximate surface area is 191 Å². The lowest BCUT2D eigenvalue weighted by Crippen LogP contribution is -2.38. The number of nitrogens with zero attached hydrogens (tertiary/aromatic N) is 2. The summed E-state index contributed by atoms with van der Waals surface area (Å²) in [6.45, 7) is 6.35. The lowest BCUT2D eigenvalue weighted by molar-refractivity contribution is -0.138. The summed E-state index contributed by atoms with van der Waals surface area (Å²) in [5, 5.41) is 4.72. The van der Waals surface area contributed by atoms with Gasteiger partial charge >= 0.3 is 6.18 Å². The summed E-state index contributed by atoms with van der Waals surface area (Å²) < 4.78 is 38.6. The second kappa shape index (κ2) is 9.53. The zero-order chi connectivity index (χ0) is 23.5. The van der Waals surface area contributed by atoms with Gasteiger partial charge in [-0.25, -0.2) is 0 Å². The smallest absolute Gasteiger partial charge is 0.390 e. The van der Waals surface area contributed by atoms with Gasteiger partial charge in [-0.15, -0.1) is 0 Å². The molecular formula is C24H26ClF3N2O2. The van der Waals surface area contributed by atoms with Gasteiger partial charge in [0, 0.05) is 30.0 Å². The average Bonchev–Trinajstić information content (AvgIpc) is 3.14. The molecule has 1 heterocycles. The van der Waals surface area contributed by atoms with Crippen LogP contribution in [0.25, 0.3) is 0 Å². The monoisotopic (exact) mass is 466 g/mol. The van der Waals surface area contributed by atoms with E-state index in [0.29, 0.717) is 29.1 Å². The number of hydrogen-bond acceptors (Lipinski definition) is 3. The fraction of sp³-hybridized carbons (Fsp3) is 0.417. The lowest BCUT2D eigenvalue weighted by Gasteiger charge is -2.28. The van der Waals surface area contributed by atoms with Crippen LogP contribution in [-0.2, 0) is 22.4 Å². The summed E-state index contributed by atoms with van der Waals surface area (Å²) >= 11 is 6.25. The molecule has 0 N–H and O–H groups in total. The number of amides is 1. The van der Waals surface area contributed by atoms with Gasteiger partial charge in [0.2, 0.25) is 5.91 Å². The number of carbonyl (C=O) groups is 1. The number of benzene rings is 2. The third-order valence-electron chi connectivity index (χ3n) is 5.03. The van der Waals surface area contributed by atoms with Crippen molar-refractivity contribution in [3.05, 3.63) is 70.2 Å². The maximum Gasteiger partial charge on any atom is 0.416 e. The van der Waals surface area contributed by atoms with Crippen LogP contribution in [0.3, 0.4) is 0 Å². The van der Waals surface area contributed by atoms with Crippen LogP contribution in [0.15, 0.2) is 53.7 Å². The van der Waals surface area contributed by atoms with Gasteiger partial charge in [-0.1, -0.05) is 67.9 Å². The minimum Gasteiger partial charge on any atom is -0.390 e. The fourth-order valence-electron chi connectivity index (χ4n) is 3.47. The molecule has 2 aromatic carbocycles. The van der Waals surface area contributed by atoms with Gasteiger partial charge in [-0.3, -0.25) is 4.79 Å². The Kier molecular flexibility index (Phi) is 7.18. The molecule has 0 saturated carbocycles. The molecule has 4 nitrogen and oxygen atoms in total. The topological polar surface area (TPSA) is 41.9 Å². The predicted octanol–water partition coefficient (Wildman–Crippen LogP) is 6.32. The van der Waals surface area contributed by atoms with Crippen LogP contribution < -0.4 is 0 Å². The van der Waals surface area contributed by atoms with E-state index in [1.165, 1.54) is 12.1 Å². The molecule has 0 aromatic heterocycles. The number of halogens is 4. The first-order chi connectivity index (χ1) is 14.9. The van der Waals surface area contributed by atoms with Crippen molar-refractivity contribution in [1.82, 2.24) is 4.90 Å². The number of hydrogen-bond donors (Lipinski definition) is 0. The zero-order valence-electron chi connectivity index (χ0n) is 18.2. The van der Waals surface area contributed by atoms with Gasteiger partial charge in [0.25, 0.3) is 0 Å². The van der Waals surface area contributed by atoms with E-state index in [0.717, 1.165) is 17.7 Å². The number of carbonyl (C=O) groups excluding carboxylic acids is 1. The normalized spacial score (nSPS) is 16.5. The highest BCUT2D eigenvalue weighted by Crippen LogP contribution is 2.30. The van der Waals surface area contributed by atoms with Crippen LogP contribution in [0, 0.1) is 5.41 Å². The molecule has 0 fully saturated rings. The minimum atomic E-state index is -4.40. The Morgan fingerprint density at radius 2 is 1.78 bits per heavy atom. The number of alkyl halides is 3. The van der Waals surface area contributed by atoms with Crippen molar-refractivity contribution in [1.29, 1.82) is 0 Å². The molecule has 0 radical (unpaired) electrons. The second-order valence-electron chi connectivity index (χ2n) is 9.16. The molecule has 1 unspecified atom stereocenters. The molecule has 0 saturated heterocycles. The average molecular weight is 467 g/mol. The van der Waals surface area contributed by atoms with Crippen molar-refractivity contribution in [2.24, 2.45) is 10.6 Å². The van der Waals surface area contributed by atoms with Gasteiger partial charge < -0.3 is 9.74 Å². The summed E-state index contributed by atoms with van der Waals surface area (Å²) in [7, 11) is 0. The summed E-state index contributed by atoms with van der Waals surface area (Å²) in [5.41, 5.74) is 1.16. The summed E-state index contributed by atoms with van der Waals surface area (Å²) in [6.07, 6.45) is -3.97. The maximum atomic E-state index is 13.0. The van der Waals surface area contributed by atoms with Crippen molar-refractivity contribution in [3.63, 3.8) is 0 Å². The van der Waals surface area contributed by atoms with Crippen LogP contribution in [0.2, 0.25) is 5.02 Å². The molecule has 3 rings (SSSR count).